The Balaban J connectivity index is 2.32. The van der Waals surface area contributed by atoms with Crippen LogP contribution in [0.3, 0.4) is 0 Å². The molecule has 2 aromatic heterocycles. The number of hydrogen-bond donors (Lipinski definition) is 1. The molecule has 0 saturated heterocycles. The van der Waals surface area contributed by atoms with Crippen LogP contribution in [-0.4, -0.2) is 36.8 Å². The van der Waals surface area contributed by atoms with Crippen LogP contribution in [0.15, 0.2) is 29.3 Å². The fourth-order valence-corrected chi connectivity index (χ4v) is 3.50. The minimum Gasteiger partial charge on any atom is -0.371 e. The quantitative estimate of drug-likeness (QED) is 0.539. The van der Waals surface area contributed by atoms with Crippen LogP contribution in [0.25, 0.3) is 11.0 Å². The summed E-state index contributed by atoms with van der Waals surface area (Å²) in [6.07, 6.45) is -15.2. The topological polar surface area (TPSA) is 72.9 Å². The first-order valence-electron chi connectivity index (χ1n) is 8.53. The van der Waals surface area contributed by atoms with Crippen molar-refractivity contribution in [2.24, 2.45) is 7.05 Å². The van der Waals surface area contributed by atoms with Gasteiger partial charge < -0.3 is 5.11 Å². The number of fused-ring (bicyclic) bond motifs is 1. The zero-order valence-electron chi connectivity index (χ0n) is 15.9. The molecule has 0 spiro atoms. The Hall–Kier alpha value is -2.81. The highest BCUT2D eigenvalue weighted by Crippen LogP contribution is 2.47. The van der Waals surface area contributed by atoms with Crippen LogP contribution in [0, 0.1) is 0 Å². The summed E-state index contributed by atoms with van der Waals surface area (Å²) in [5.74, 6) is 0. The van der Waals surface area contributed by atoms with Crippen LogP contribution < -0.4 is 5.56 Å². The number of nitrogens with zero attached hydrogens (tertiary/aromatic N) is 4. The van der Waals surface area contributed by atoms with E-state index in [2.05, 4.69) is 10.1 Å². The molecule has 0 aliphatic heterocycles. The predicted molar refractivity (Wildman–Crippen MR) is 94.3 cm³/mol. The van der Waals surface area contributed by atoms with Gasteiger partial charge in [0, 0.05) is 12.6 Å². The highest BCUT2D eigenvalue weighted by Gasteiger charge is 2.59. The monoisotopic (exact) mass is 508 g/mol. The van der Waals surface area contributed by atoms with Crippen LogP contribution in [0.1, 0.15) is 16.8 Å². The lowest BCUT2D eigenvalue weighted by molar-refractivity contribution is -0.250. The first-order valence-corrected chi connectivity index (χ1v) is 8.91. The molecule has 3 aromatic rings. The second kappa shape index (κ2) is 7.62. The number of halogens is 10. The van der Waals surface area contributed by atoms with Gasteiger partial charge in [-0.1, -0.05) is 17.7 Å². The third kappa shape index (κ3) is 4.26. The molecular weight excluding hydrogens is 499 g/mol. The number of aliphatic hydroxyl groups is 1. The van der Waals surface area contributed by atoms with Gasteiger partial charge in [-0.05, 0) is 12.1 Å². The van der Waals surface area contributed by atoms with E-state index in [4.69, 9.17) is 11.6 Å². The molecule has 0 fully saturated rings. The average Bonchev–Trinajstić information content (AvgIpc) is 2.97. The maximum Gasteiger partial charge on any atom is 0.427 e. The van der Waals surface area contributed by atoms with E-state index in [1.165, 1.54) is 0 Å². The van der Waals surface area contributed by atoms with Crippen molar-refractivity contribution < 1.29 is 44.6 Å². The second-order valence-electron chi connectivity index (χ2n) is 6.86. The maximum absolute atomic E-state index is 14.1. The van der Waals surface area contributed by atoms with Crippen LogP contribution in [-0.2, 0) is 25.4 Å². The van der Waals surface area contributed by atoms with Crippen LogP contribution in [0.5, 0.6) is 0 Å². The van der Waals surface area contributed by atoms with Gasteiger partial charge >= 0.3 is 18.5 Å². The summed E-state index contributed by atoms with van der Waals surface area (Å²) < 4.78 is 119. The first-order chi connectivity index (χ1) is 14.9. The zero-order chi connectivity index (χ0) is 25.1. The number of hydrogen-bond acceptors (Lipinski definition) is 4. The molecule has 1 N–H and O–H groups in total. The van der Waals surface area contributed by atoms with E-state index in [9.17, 15) is 49.4 Å². The average molecular weight is 509 g/mol. The predicted octanol–water partition coefficient (Wildman–Crippen LogP) is 4.16. The number of rotatable bonds is 3. The number of aromatic nitrogens is 4. The van der Waals surface area contributed by atoms with Gasteiger partial charge in [-0.3, -0.25) is 14.0 Å². The Bertz CT molecular complexity index is 1280. The minimum absolute atomic E-state index is 0.0563. The Kier molecular flexibility index (Phi) is 5.73. The molecule has 1 aromatic carbocycles. The van der Waals surface area contributed by atoms with Crippen molar-refractivity contribution in [1.29, 1.82) is 0 Å². The van der Waals surface area contributed by atoms with Gasteiger partial charge in [-0.15, -0.1) is 0 Å². The van der Waals surface area contributed by atoms with Crippen molar-refractivity contribution in [2.45, 2.75) is 30.7 Å². The van der Waals surface area contributed by atoms with Crippen LogP contribution in [0.4, 0.5) is 39.5 Å². The highest BCUT2D eigenvalue weighted by molar-refractivity contribution is 6.31. The van der Waals surface area contributed by atoms with Gasteiger partial charge in [0.05, 0.1) is 16.9 Å². The number of alkyl halides is 9. The Morgan fingerprint density at radius 3 is 2.12 bits per heavy atom. The number of aryl methyl sites for hydroxylation is 1. The first kappa shape index (κ1) is 24.8. The summed E-state index contributed by atoms with van der Waals surface area (Å²) in [5, 5.41) is 13.1. The van der Waals surface area contributed by atoms with Gasteiger partial charge in [0.1, 0.15) is 17.8 Å². The summed E-state index contributed by atoms with van der Waals surface area (Å²) in [7, 11) is 0.840. The smallest absolute Gasteiger partial charge is 0.371 e. The Morgan fingerprint density at radius 2 is 1.64 bits per heavy atom. The highest BCUT2D eigenvalue weighted by atomic mass is 35.5. The molecular formula is C17H10ClF9N4O2. The third-order valence-corrected chi connectivity index (χ3v) is 4.92. The molecule has 0 amide bonds. The molecule has 0 aliphatic rings. The molecule has 0 aliphatic carbocycles. The zero-order valence-corrected chi connectivity index (χ0v) is 16.7. The summed E-state index contributed by atoms with van der Waals surface area (Å²) in [6.45, 7) is -1.81. The van der Waals surface area contributed by atoms with Gasteiger partial charge in [0.2, 0.25) is 5.60 Å². The van der Waals surface area contributed by atoms with Crippen LogP contribution in [0.2, 0.25) is 5.02 Å². The fourth-order valence-electron chi connectivity index (χ4n) is 3.21. The molecule has 3 rings (SSSR count). The van der Waals surface area contributed by atoms with E-state index < -0.39 is 69.1 Å². The Morgan fingerprint density at radius 1 is 1.03 bits per heavy atom. The summed E-state index contributed by atoms with van der Waals surface area (Å²) in [4.78, 5) is 15.8. The lowest BCUT2D eigenvalue weighted by Crippen LogP contribution is -2.45. The minimum atomic E-state index is -5.61. The summed E-state index contributed by atoms with van der Waals surface area (Å²) in [5.41, 5.74) is -11.2. The lowest BCUT2D eigenvalue weighted by Gasteiger charge is -2.31. The summed E-state index contributed by atoms with van der Waals surface area (Å²) in [6, 6.07) is 0.782. The van der Waals surface area contributed by atoms with Gasteiger partial charge in [-0.25, -0.2) is 4.98 Å². The van der Waals surface area contributed by atoms with Crippen molar-refractivity contribution >= 4 is 22.6 Å². The van der Waals surface area contributed by atoms with Gasteiger partial charge in [0.15, 0.2) is 5.52 Å². The van der Waals surface area contributed by atoms with Crippen molar-refractivity contribution in [2.75, 3.05) is 0 Å². The molecule has 180 valence electrons. The molecule has 16 heteroatoms. The molecule has 0 radical (unpaired) electrons. The van der Waals surface area contributed by atoms with Crippen LogP contribution >= 0.6 is 11.6 Å². The molecule has 33 heavy (non-hydrogen) atoms. The second-order valence-corrected chi connectivity index (χ2v) is 7.27. The molecule has 1 atom stereocenters. The Labute approximate surface area is 181 Å². The van der Waals surface area contributed by atoms with Crippen molar-refractivity contribution in [3.63, 3.8) is 0 Å². The molecule has 2 heterocycles. The fraction of sp³-hybridized carbons (Fsp3) is 0.353. The van der Waals surface area contributed by atoms with Crippen molar-refractivity contribution in [3.05, 3.63) is 56.7 Å². The molecule has 0 bridgehead atoms. The van der Waals surface area contributed by atoms with E-state index in [1.807, 2.05) is 0 Å². The van der Waals surface area contributed by atoms with Crippen molar-refractivity contribution in [3.8, 4) is 0 Å². The van der Waals surface area contributed by atoms with Crippen molar-refractivity contribution in [1.82, 2.24) is 19.3 Å². The standard InChI is InChI=1S/C17H10ClF9N4O2/c1-30-12(10-11(29-30)13(32)31(6-28-10)5-14(19,20)21)15(33,17(25,26)27)7-2-3-8(9(18)4-7)16(22,23)24/h2-4,6,33H,5H2,1H3/t15-/m1/s1. The molecule has 0 saturated carbocycles. The summed E-state index contributed by atoms with van der Waals surface area (Å²) >= 11 is 5.50. The normalized spacial score (nSPS) is 15.2. The molecule has 6 nitrogen and oxygen atoms in total. The van der Waals surface area contributed by atoms with Gasteiger partial charge in [0.25, 0.3) is 5.56 Å². The maximum atomic E-state index is 14.1. The van der Waals surface area contributed by atoms with E-state index in [0.29, 0.717) is 17.1 Å². The van der Waals surface area contributed by atoms with E-state index in [0.717, 1.165) is 7.05 Å². The SMILES string of the molecule is Cn1nc2c(=O)n(CC(F)(F)F)cnc2c1[C@](O)(c1ccc(C(F)(F)F)c(Cl)c1)C(F)(F)F. The lowest BCUT2D eigenvalue weighted by atomic mass is 9.88. The molecule has 0 unspecified atom stereocenters. The third-order valence-electron chi connectivity index (χ3n) is 4.61. The van der Waals surface area contributed by atoms with E-state index >= 15 is 0 Å². The number of benzene rings is 1. The van der Waals surface area contributed by atoms with E-state index in [-0.39, 0.29) is 16.7 Å². The van der Waals surface area contributed by atoms with Gasteiger partial charge in [-0.2, -0.15) is 44.6 Å². The van der Waals surface area contributed by atoms with E-state index in [1.54, 1.807) is 0 Å². The largest absolute Gasteiger partial charge is 0.427 e.